The van der Waals surface area contributed by atoms with E-state index in [1.54, 1.807) is 0 Å². The van der Waals surface area contributed by atoms with E-state index in [0.717, 1.165) is 51.1 Å². The van der Waals surface area contributed by atoms with E-state index in [2.05, 4.69) is 129 Å². The van der Waals surface area contributed by atoms with Crippen molar-refractivity contribution in [2.75, 3.05) is 0 Å². The van der Waals surface area contributed by atoms with Crippen LogP contribution in [0, 0.1) is 31.6 Å². The number of rotatable bonds is 7. The average molecular weight is 502 g/mol. The number of hydrogen-bond donors (Lipinski definition) is 0. The van der Waals surface area contributed by atoms with Crippen molar-refractivity contribution >= 4 is 33.4 Å². The Morgan fingerprint density at radius 1 is 0.711 bits per heavy atom. The molecule has 1 aromatic heterocycles. The van der Waals surface area contributed by atoms with Gasteiger partial charge in [0.25, 0.3) is 0 Å². The van der Waals surface area contributed by atoms with Gasteiger partial charge in [-0.05, 0) is 73.4 Å². The van der Waals surface area contributed by atoms with Crippen LogP contribution in [0.5, 0.6) is 0 Å². The van der Waals surface area contributed by atoms with Crippen molar-refractivity contribution in [2.24, 2.45) is 28.0 Å². The molecule has 1 heterocycles. The van der Waals surface area contributed by atoms with Crippen LogP contribution in [0.15, 0.2) is 95.2 Å². The lowest BCUT2D eigenvalue weighted by Crippen LogP contribution is -2.33. The zero-order valence-electron chi connectivity index (χ0n) is 23.3. The van der Waals surface area contributed by atoms with Crippen molar-refractivity contribution < 1.29 is 4.57 Å². The van der Waals surface area contributed by atoms with Gasteiger partial charge in [0.05, 0.1) is 11.4 Å². The summed E-state index contributed by atoms with van der Waals surface area (Å²) in [5, 5.41) is 9.18. The summed E-state index contributed by atoms with van der Waals surface area (Å²) in [5.41, 5.74) is 10.5. The molecular formula is C34H37N4+. The lowest BCUT2D eigenvalue weighted by atomic mass is 9.81. The fraction of sp³-hybridized carbons (Fsp3) is 0.294. The molecule has 38 heavy (non-hydrogen) atoms. The monoisotopic (exact) mass is 501 g/mol. The maximum Gasteiger partial charge on any atom is 0.239 e. The van der Waals surface area contributed by atoms with Gasteiger partial charge >= 0.3 is 0 Å². The summed E-state index contributed by atoms with van der Waals surface area (Å²) in [4.78, 5) is 5.09. The van der Waals surface area contributed by atoms with Crippen LogP contribution in [0.2, 0.25) is 0 Å². The standard InChI is InChI=1S/C34H37N4/c1-22(2)29(23(3)4)19-26-14-17-30-33(20-26)38(28-10-8-7-9-11-28)34-21-31(25(6)18-32(34)35-30)37-36-27-15-12-24(5)13-16-27/h7-18,20-23,29H,19H2,1-6H3/q+1. The highest BCUT2D eigenvalue weighted by atomic mass is 15.1. The van der Waals surface area contributed by atoms with Crippen LogP contribution in [0.4, 0.5) is 11.4 Å². The molecule has 0 radical (unpaired) electrons. The first-order valence-electron chi connectivity index (χ1n) is 13.6. The Labute approximate surface area is 226 Å². The van der Waals surface area contributed by atoms with Crippen LogP contribution in [-0.2, 0) is 6.42 Å². The van der Waals surface area contributed by atoms with Crippen molar-refractivity contribution in [2.45, 2.75) is 48.0 Å². The molecule has 0 unspecified atom stereocenters. The van der Waals surface area contributed by atoms with Gasteiger partial charge in [0.1, 0.15) is 11.0 Å². The summed E-state index contributed by atoms with van der Waals surface area (Å²) in [6, 6.07) is 29.7. The minimum absolute atomic E-state index is 0.627. The van der Waals surface area contributed by atoms with E-state index in [-0.39, 0.29) is 0 Å². The molecule has 0 amide bonds. The number of nitrogens with zero attached hydrogens (tertiary/aromatic N) is 4. The second-order valence-electron chi connectivity index (χ2n) is 11.1. The molecule has 0 atom stereocenters. The molecule has 0 aliphatic heterocycles. The molecular weight excluding hydrogens is 464 g/mol. The van der Waals surface area contributed by atoms with E-state index >= 15 is 0 Å². The molecule has 0 spiro atoms. The number of benzene rings is 4. The summed E-state index contributed by atoms with van der Waals surface area (Å²) in [6.07, 6.45) is 1.06. The van der Waals surface area contributed by atoms with E-state index < -0.39 is 0 Å². The predicted octanol–water partition coefficient (Wildman–Crippen LogP) is 9.17. The maximum absolute atomic E-state index is 5.09. The third-order valence-electron chi connectivity index (χ3n) is 7.56. The number of para-hydroxylation sites is 1. The number of fused-ring (bicyclic) bond motifs is 2. The van der Waals surface area contributed by atoms with Crippen molar-refractivity contribution in [3.8, 4) is 5.69 Å². The molecule has 4 nitrogen and oxygen atoms in total. The lowest BCUT2D eigenvalue weighted by Gasteiger charge is -2.24. The summed E-state index contributed by atoms with van der Waals surface area (Å²) in [7, 11) is 0. The predicted molar refractivity (Wildman–Crippen MR) is 158 cm³/mol. The Morgan fingerprint density at radius 2 is 1.39 bits per heavy atom. The van der Waals surface area contributed by atoms with Crippen molar-refractivity contribution in [3.05, 3.63) is 102 Å². The van der Waals surface area contributed by atoms with Crippen LogP contribution < -0.4 is 4.57 Å². The van der Waals surface area contributed by atoms with E-state index in [1.807, 2.05) is 12.1 Å². The Kier molecular flexibility index (Phi) is 7.33. The Balaban J connectivity index is 1.70. The van der Waals surface area contributed by atoms with Gasteiger partial charge in [0.2, 0.25) is 16.7 Å². The van der Waals surface area contributed by atoms with Crippen molar-refractivity contribution in [1.82, 2.24) is 4.98 Å². The highest BCUT2D eigenvalue weighted by Crippen LogP contribution is 2.30. The number of aryl methyl sites for hydroxylation is 2. The molecule has 0 fully saturated rings. The zero-order chi connectivity index (χ0) is 26.8. The van der Waals surface area contributed by atoms with E-state index in [9.17, 15) is 0 Å². The Bertz CT molecular complexity index is 1590. The molecule has 4 aromatic carbocycles. The first-order chi connectivity index (χ1) is 18.3. The summed E-state index contributed by atoms with van der Waals surface area (Å²) in [6.45, 7) is 13.5. The van der Waals surface area contributed by atoms with Crippen LogP contribution in [0.3, 0.4) is 0 Å². The van der Waals surface area contributed by atoms with Gasteiger partial charge in [-0.25, -0.2) is 4.98 Å². The second kappa shape index (κ2) is 10.8. The van der Waals surface area contributed by atoms with Crippen LogP contribution in [0.1, 0.15) is 44.4 Å². The summed E-state index contributed by atoms with van der Waals surface area (Å²) >= 11 is 0. The second-order valence-corrected chi connectivity index (χ2v) is 11.1. The highest BCUT2D eigenvalue weighted by Gasteiger charge is 2.23. The first kappa shape index (κ1) is 25.7. The SMILES string of the molecule is Cc1ccc(N=Nc2cc3c(cc2C)nc2ccc(CC(C(C)C)C(C)C)cc2[n+]3-c2ccccc2)cc1. The topological polar surface area (TPSA) is 41.5 Å². The van der Waals surface area contributed by atoms with Crippen LogP contribution >= 0.6 is 0 Å². The van der Waals surface area contributed by atoms with Crippen molar-refractivity contribution in [3.63, 3.8) is 0 Å². The lowest BCUT2D eigenvalue weighted by molar-refractivity contribution is -0.538. The van der Waals surface area contributed by atoms with Gasteiger partial charge in [-0.3, -0.25) is 0 Å². The first-order valence-corrected chi connectivity index (χ1v) is 13.6. The van der Waals surface area contributed by atoms with E-state index in [1.165, 1.54) is 11.1 Å². The molecule has 5 aromatic rings. The van der Waals surface area contributed by atoms with Gasteiger partial charge < -0.3 is 0 Å². The third-order valence-corrected chi connectivity index (χ3v) is 7.56. The van der Waals surface area contributed by atoms with Gasteiger partial charge in [0.15, 0.2) is 0 Å². The van der Waals surface area contributed by atoms with Crippen molar-refractivity contribution in [1.29, 1.82) is 0 Å². The quantitative estimate of drug-likeness (QED) is 0.124. The van der Waals surface area contributed by atoms with Gasteiger partial charge in [-0.15, -0.1) is 4.57 Å². The smallest absolute Gasteiger partial charge is 0.235 e. The summed E-state index contributed by atoms with van der Waals surface area (Å²) < 4.78 is 2.32. The molecule has 0 aliphatic carbocycles. The van der Waals surface area contributed by atoms with Crippen LogP contribution in [-0.4, -0.2) is 4.98 Å². The van der Waals surface area contributed by atoms with E-state index in [0.29, 0.717) is 17.8 Å². The molecule has 0 bridgehead atoms. The van der Waals surface area contributed by atoms with Crippen LogP contribution in [0.25, 0.3) is 27.8 Å². The molecule has 0 aliphatic rings. The number of aromatic nitrogens is 2. The Hall–Kier alpha value is -3.92. The Morgan fingerprint density at radius 3 is 2.08 bits per heavy atom. The maximum atomic E-state index is 5.09. The van der Waals surface area contributed by atoms with Gasteiger partial charge in [0, 0.05) is 24.3 Å². The summed E-state index contributed by atoms with van der Waals surface area (Å²) in [5.74, 6) is 1.89. The zero-order valence-corrected chi connectivity index (χ0v) is 23.3. The number of azo groups is 1. The molecule has 192 valence electrons. The third kappa shape index (κ3) is 5.35. The average Bonchev–Trinajstić information content (AvgIpc) is 2.90. The van der Waals surface area contributed by atoms with E-state index in [4.69, 9.17) is 4.98 Å². The molecule has 4 heteroatoms. The molecule has 5 rings (SSSR count). The fourth-order valence-corrected chi connectivity index (χ4v) is 5.37. The van der Waals surface area contributed by atoms with Gasteiger partial charge in [-0.2, -0.15) is 10.2 Å². The minimum atomic E-state index is 0.627. The largest absolute Gasteiger partial charge is 0.239 e. The van der Waals surface area contributed by atoms with Gasteiger partial charge in [-0.1, -0.05) is 69.7 Å². The normalized spacial score (nSPS) is 12.1. The molecule has 0 saturated heterocycles. The molecule has 0 saturated carbocycles. The number of hydrogen-bond acceptors (Lipinski definition) is 3. The minimum Gasteiger partial charge on any atom is -0.235 e. The molecule has 0 N–H and O–H groups in total. The fourth-order valence-electron chi connectivity index (χ4n) is 5.37. The highest BCUT2D eigenvalue weighted by molar-refractivity contribution is 5.85.